The van der Waals surface area contributed by atoms with Gasteiger partial charge in [-0.2, -0.15) is 5.10 Å². The Kier molecular flexibility index (Phi) is 3.69. The van der Waals surface area contributed by atoms with Gasteiger partial charge in [0.2, 0.25) is 0 Å². The third-order valence-corrected chi connectivity index (χ3v) is 4.56. The zero-order chi connectivity index (χ0) is 15.0. The summed E-state index contributed by atoms with van der Waals surface area (Å²) in [5.74, 6) is -0.959. The SMILES string of the molecule is Cc1cc(Sc2ccc(Br)c(C(=O)O)c2)n2ncnc2c1. The number of hydrogen-bond donors (Lipinski definition) is 1. The van der Waals surface area contributed by atoms with Gasteiger partial charge < -0.3 is 5.11 Å². The number of benzene rings is 1. The second-order valence-electron chi connectivity index (χ2n) is 4.45. The number of hydrogen-bond acceptors (Lipinski definition) is 4. The number of rotatable bonds is 3. The average molecular weight is 364 g/mol. The number of aryl methyl sites for hydroxylation is 1. The number of fused-ring (bicyclic) bond motifs is 1. The number of pyridine rings is 1. The Bertz CT molecular complexity index is 847. The molecule has 106 valence electrons. The summed E-state index contributed by atoms with van der Waals surface area (Å²) in [6.07, 6.45) is 1.50. The Labute approximate surface area is 133 Å². The molecule has 0 bridgehead atoms. The summed E-state index contributed by atoms with van der Waals surface area (Å²) >= 11 is 4.70. The van der Waals surface area contributed by atoms with Gasteiger partial charge in [0, 0.05) is 9.37 Å². The van der Waals surface area contributed by atoms with Crippen LogP contribution in [0.4, 0.5) is 0 Å². The molecule has 0 aliphatic carbocycles. The molecule has 3 rings (SSSR count). The number of carbonyl (C=O) groups is 1. The van der Waals surface area contributed by atoms with Gasteiger partial charge >= 0.3 is 5.97 Å². The van der Waals surface area contributed by atoms with Crippen molar-refractivity contribution in [1.29, 1.82) is 0 Å². The molecule has 3 aromatic rings. The summed E-state index contributed by atoms with van der Waals surface area (Å²) in [7, 11) is 0. The highest BCUT2D eigenvalue weighted by Crippen LogP contribution is 2.31. The van der Waals surface area contributed by atoms with Gasteiger partial charge in [-0.15, -0.1) is 0 Å². The molecule has 0 unspecified atom stereocenters. The lowest BCUT2D eigenvalue weighted by Gasteiger charge is -2.07. The van der Waals surface area contributed by atoms with Gasteiger partial charge in [-0.05, 0) is 58.7 Å². The van der Waals surface area contributed by atoms with Crippen molar-refractivity contribution in [2.24, 2.45) is 0 Å². The molecule has 1 aromatic carbocycles. The summed E-state index contributed by atoms with van der Waals surface area (Å²) in [6.45, 7) is 1.99. The van der Waals surface area contributed by atoms with Crippen molar-refractivity contribution < 1.29 is 9.90 Å². The Morgan fingerprint density at radius 2 is 2.14 bits per heavy atom. The van der Waals surface area contributed by atoms with Crippen LogP contribution in [0.3, 0.4) is 0 Å². The van der Waals surface area contributed by atoms with E-state index >= 15 is 0 Å². The Morgan fingerprint density at radius 1 is 1.33 bits per heavy atom. The fourth-order valence-electron chi connectivity index (χ4n) is 1.95. The molecule has 0 aliphatic rings. The van der Waals surface area contributed by atoms with Gasteiger partial charge in [0.15, 0.2) is 5.65 Å². The molecule has 5 nitrogen and oxygen atoms in total. The number of carboxylic acid groups (broad SMARTS) is 1. The number of nitrogens with zero attached hydrogens (tertiary/aromatic N) is 3. The fourth-order valence-corrected chi connectivity index (χ4v) is 3.39. The van der Waals surface area contributed by atoms with E-state index in [9.17, 15) is 9.90 Å². The minimum Gasteiger partial charge on any atom is -0.478 e. The van der Waals surface area contributed by atoms with Crippen LogP contribution >= 0.6 is 27.7 Å². The van der Waals surface area contributed by atoms with Crippen LogP contribution in [0.25, 0.3) is 5.65 Å². The first-order valence-corrected chi connectivity index (χ1v) is 7.66. The van der Waals surface area contributed by atoms with Gasteiger partial charge in [0.1, 0.15) is 11.4 Å². The van der Waals surface area contributed by atoms with E-state index < -0.39 is 5.97 Å². The fraction of sp³-hybridized carbons (Fsp3) is 0.0714. The van der Waals surface area contributed by atoms with Crippen molar-refractivity contribution >= 4 is 39.3 Å². The zero-order valence-electron chi connectivity index (χ0n) is 10.9. The monoisotopic (exact) mass is 363 g/mol. The molecular formula is C14H10BrN3O2S. The van der Waals surface area contributed by atoms with Crippen molar-refractivity contribution in [2.75, 3.05) is 0 Å². The van der Waals surface area contributed by atoms with Gasteiger partial charge in [-0.3, -0.25) is 0 Å². The summed E-state index contributed by atoms with van der Waals surface area (Å²) in [5, 5.41) is 14.3. The zero-order valence-corrected chi connectivity index (χ0v) is 13.3. The molecule has 2 aromatic heterocycles. The molecule has 0 saturated heterocycles. The molecule has 1 N–H and O–H groups in total. The topological polar surface area (TPSA) is 67.5 Å². The molecule has 0 saturated carbocycles. The molecule has 7 heteroatoms. The van der Waals surface area contributed by atoms with Gasteiger partial charge in [-0.25, -0.2) is 14.3 Å². The van der Waals surface area contributed by atoms with Crippen molar-refractivity contribution in [2.45, 2.75) is 16.8 Å². The first-order valence-electron chi connectivity index (χ1n) is 6.05. The summed E-state index contributed by atoms with van der Waals surface area (Å²) in [4.78, 5) is 16.2. The molecule has 0 aliphatic heterocycles. The highest BCUT2D eigenvalue weighted by Gasteiger charge is 2.11. The van der Waals surface area contributed by atoms with E-state index in [2.05, 4.69) is 26.0 Å². The van der Waals surface area contributed by atoms with Crippen LogP contribution < -0.4 is 0 Å². The van der Waals surface area contributed by atoms with E-state index in [-0.39, 0.29) is 5.56 Å². The standard InChI is InChI=1S/C14H10BrN3O2S/c1-8-4-12-16-7-17-18(12)13(5-8)21-9-2-3-11(15)10(6-9)14(19)20/h2-7H,1H3,(H,19,20). The van der Waals surface area contributed by atoms with Crippen molar-refractivity contribution in [3.8, 4) is 0 Å². The lowest BCUT2D eigenvalue weighted by atomic mass is 10.2. The van der Waals surface area contributed by atoms with Gasteiger partial charge in [0.05, 0.1) is 5.56 Å². The maximum absolute atomic E-state index is 11.2. The van der Waals surface area contributed by atoms with Crippen LogP contribution in [0.2, 0.25) is 0 Å². The van der Waals surface area contributed by atoms with E-state index in [0.717, 1.165) is 21.1 Å². The summed E-state index contributed by atoms with van der Waals surface area (Å²) in [5.41, 5.74) is 2.09. The number of carboxylic acids is 1. The smallest absolute Gasteiger partial charge is 0.336 e. The number of aromatic carboxylic acids is 1. The molecule has 0 amide bonds. The second kappa shape index (κ2) is 5.50. The van der Waals surface area contributed by atoms with E-state index in [0.29, 0.717) is 4.47 Å². The van der Waals surface area contributed by atoms with Crippen molar-refractivity contribution in [3.63, 3.8) is 0 Å². The quantitative estimate of drug-likeness (QED) is 0.769. The Morgan fingerprint density at radius 3 is 2.90 bits per heavy atom. The summed E-state index contributed by atoms with van der Waals surface area (Å²) < 4.78 is 2.30. The normalized spacial score (nSPS) is 11.0. The van der Waals surface area contributed by atoms with Crippen molar-refractivity contribution in [1.82, 2.24) is 14.6 Å². The van der Waals surface area contributed by atoms with E-state index in [1.165, 1.54) is 18.1 Å². The highest BCUT2D eigenvalue weighted by atomic mass is 79.9. The summed E-state index contributed by atoms with van der Waals surface area (Å²) in [6, 6.07) is 9.19. The lowest BCUT2D eigenvalue weighted by Crippen LogP contribution is -1.98. The minimum absolute atomic E-state index is 0.238. The molecule has 0 spiro atoms. The number of halogens is 1. The number of aromatic nitrogens is 3. The van der Waals surface area contributed by atoms with Gasteiger partial charge in [-0.1, -0.05) is 11.8 Å². The highest BCUT2D eigenvalue weighted by molar-refractivity contribution is 9.10. The van der Waals surface area contributed by atoms with E-state index in [1.54, 1.807) is 16.6 Å². The van der Waals surface area contributed by atoms with Crippen LogP contribution in [-0.2, 0) is 0 Å². The second-order valence-corrected chi connectivity index (χ2v) is 6.40. The predicted molar refractivity (Wildman–Crippen MR) is 82.9 cm³/mol. The Balaban J connectivity index is 2.04. The van der Waals surface area contributed by atoms with Crippen LogP contribution in [-0.4, -0.2) is 25.7 Å². The molecule has 0 radical (unpaired) electrons. The lowest BCUT2D eigenvalue weighted by molar-refractivity contribution is 0.0695. The van der Waals surface area contributed by atoms with Crippen molar-refractivity contribution in [3.05, 3.63) is 52.3 Å². The molecule has 0 fully saturated rings. The predicted octanol–water partition coefficient (Wildman–Crippen LogP) is 3.65. The first-order chi connectivity index (χ1) is 10.0. The maximum Gasteiger partial charge on any atom is 0.336 e. The van der Waals surface area contributed by atoms with E-state index in [1.807, 2.05) is 25.1 Å². The largest absolute Gasteiger partial charge is 0.478 e. The third kappa shape index (κ3) is 2.79. The Hall–Kier alpha value is -1.86. The average Bonchev–Trinajstić information content (AvgIpc) is 2.88. The van der Waals surface area contributed by atoms with Crippen LogP contribution in [0.1, 0.15) is 15.9 Å². The first kappa shape index (κ1) is 14.1. The van der Waals surface area contributed by atoms with Crippen LogP contribution in [0.5, 0.6) is 0 Å². The minimum atomic E-state index is -0.959. The third-order valence-electron chi connectivity index (χ3n) is 2.88. The molecule has 21 heavy (non-hydrogen) atoms. The molecule has 0 atom stereocenters. The van der Waals surface area contributed by atoms with Gasteiger partial charge in [0.25, 0.3) is 0 Å². The van der Waals surface area contributed by atoms with Crippen LogP contribution in [0.15, 0.2) is 51.1 Å². The molecular weight excluding hydrogens is 354 g/mol. The van der Waals surface area contributed by atoms with E-state index in [4.69, 9.17) is 0 Å². The van der Waals surface area contributed by atoms with Crippen LogP contribution in [0, 0.1) is 6.92 Å². The molecule has 2 heterocycles. The maximum atomic E-state index is 11.2.